The Morgan fingerprint density at radius 2 is 2.11 bits per heavy atom. The van der Waals surface area contributed by atoms with Crippen molar-refractivity contribution in [1.29, 1.82) is 0 Å². The van der Waals surface area contributed by atoms with Crippen LogP contribution in [0.15, 0.2) is 24.7 Å². The molecule has 1 nitrogen and oxygen atoms in total. The van der Waals surface area contributed by atoms with Crippen molar-refractivity contribution in [2.75, 3.05) is 0 Å². The summed E-state index contributed by atoms with van der Waals surface area (Å²) in [5.41, 5.74) is 0. The second-order valence-corrected chi connectivity index (χ2v) is 1.77. The van der Waals surface area contributed by atoms with Crippen molar-refractivity contribution in [3.63, 3.8) is 0 Å². The molecular formula is C8H14O. The van der Waals surface area contributed by atoms with Crippen molar-refractivity contribution in [3.05, 3.63) is 24.7 Å². The highest BCUT2D eigenvalue weighted by molar-refractivity contribution is 4.76. The summed E-state index contributed by atoms with van der Waals surface area (Å²) in [6, 6.07) is 0. The average Bonchev–Trinajstić information content (AvgIpc) is 1.89. The predicted octanol–water partition coefficient (Wildman–Crippen LogP) is 2.85. The van der Waals surface area contributed by atoms with Gasteiger partial charge in [0.2, 0.25) is 0 Å². The summed E-state index contributed by atoms with van der Waals surface area (Å²) in [7, 11) is 0. The van der Waals surface area contributed by atoms with Gasteiger partial charge in [-0.15, -0.1) is 0 Å². The summed E-state index contributed by atoms with van der Waals surface area (Å²) < 4.78 is 4.92. The van der Waals surface area contributed by atoms with Gasteiger partial charge < -0.3 is 4.74 Å². The largest absolute Gasteiger partial charge is 0.473 e. The smallest absolute Gasteiger partial charge is 0.0861 e. The summed E-state index contributed by atoms with van der Waals surface area (Å²) >= 11 is 0. The van der Waals surface area contributed by atoms with Crippen LogP contribution < -0.4 is 0 Å². The lowest BCUT2D eigenvalue weighted by molar-refractivity contribution is 0.400. The summed E-state index contributed by atoms with van der Waals surface area (Å²) in [6.07, 6.45) is 9.51. The summed E-state index contributed by atoms with van der Waals surface area (Å²) in [6.45, 7) is 4.06. The second kappa shape index (κ2) is 7.28. The molecule has 0 rings (SSSR count). The van der Waals surface area contributed by atoms with E-state index in [0.29, 0.717) is 0 Å². The van der Waals surface area contributed by atoms with E-state index in [-0.39, 0.29) is 0 Å². The van der Waals surface area contributed by atoms with Crippen molar-refractivity contribution < 1.29 is 4.74 Å². The first-order valence-electron chi connectivity index (χ1n) is 3.33. The minimum Gasteiger partial charge on any atom is -0.473 e. The van der Waals surface area contributed by atoms with E-state index in [9.17, 15) is 0 Å². The van der Waals surface area contributed by atoms with Crippen LogP contribution >= 0.6 is 0 Å². The molecule has 0 aliphatic carbocycles. The van der Waals surface area contributed by atoms with Crippen molar-refractivity contribution in [1.82, 2.24) is 0 Å². The Labute approximate surface area is 57.0 Å². The van der Waals surface area contributed by atoms with E-state index >= 15 is 0 Å². The number of hydrogen-bond acceptors (Lipinski definition) is 1. The van der Waals surface area contributed by atoms with Crippen LogP contribution in [0, 0.1) is 0 Å². The van der Waals surface area contributed by atoms with E-state index in [4.69, 9.17) is 4.74 Å². The number of rotatable bonds is 4. The van der Waals surface area contributed by atoms with E-state index in [2.05, 4.69) is 6.92 Å². The van der Waals surface area contributed by atoms with E-state index in [0.717, 1.165) is 6.42 Å². The topological polar surface area (TPSA) is 9.23 Å². The molecule has 0 atom stereocenters. The van der Waals surface area contributed by atoms with Crippen LogP contribution in [0.1, 0.15) is 26.7 Å². The van der Waals surface area contributed by atoms with Crippen LogP contribution in [-0.4, -0.2) is 0 Å². The summed E-state index contributed by atoms with van der Waals surface area (Å²) in [5, 5.41) is 0. The van der Waals surface area contributed by atoms with Gasteiger partial charge in [-0.1, -0.05) is 19.4 Å². The van der Waals surface area contributed by atoms with Crippen molar-refractivity contribution in [3.8, 4) is 0 Å². The fourth-order valence-electron chi connectivity index (χ4n) is 0.414. The van der Waals surface area contributed by atoms with Crippen LogP contribution in [0.25, 0.3) is 0 Å². The van der Waals surface area contributed by atoms with Crippen molar-refractivity contribution >= 4 is 0 Å². The maximum atomic E-state index is 4.92. The second-order valence-electron chi connectivity index (χ2n) is 1.77. The Morgan fingerprint density at radius 1 is 1.33 bits per heavy atom. The minimum absolute atomic E-state index is 1.09. The third kappa shape index (κ3) is 7.28. The van der Waals surface area contributed by atoms with Crippen LogP contribution in [0.3, 0.4) is 0 Å². The monoisotopic (exact) mass is 126 g/mol. The van der Waals surface area contributed by atoms with Crippen LogP contribution in [0.5, 0.6) is 0 Å². The van der Waals surface area contributed by atoms with Gasteiger partial charge in [-0.3, -0.25) is 0 Å². The normalized spacial score (nSPS) is 11.3. The van der Waals surface area contributed by atoms with Gasteiger partial charge in [-0.25, -0.2) is 0 Å². The minimum atomic E-state index is 1.09. The van der Waals surface area contributed by atoms with Crippen molar-refractivity contribution in [2.24, 2.45) is 0 Å². The quantitative estimate of drug-likeness (QED) is 0.526. The molecule has 0 aliphatic rings. The number of hydrogen-bond donors (Lipinski definition) is 0. The lowest BCUT2D eigenvalue weighted by atomic mass is 10.3. The zero-order chi connectivity index (χ0) is 6.95. The third-order valence-corrected chi connectivity index (χ3v) is 0.845. The Kier molecular flexibility index (Phi) is 6.70. The Balaban J connectivity index is 3.04. The molecule has 52 valence electrons. The molecule has 0 aliphatic heterocycles. The standard InChI is InChI=1S/C8H14O/c1-3-5-6-8-9-7-4-2/h4,6-8H,3,5H2,1-2H3/b7-4-,8-6+. The van der Waals surface area contributed by atoms with Gasteiger partial charge in [0.25, 0.3) is 0 Å². The van der Waals surface area contributed by atoms with Gasteiger partial charge in [0.1, 0.15) is 0 Å². The molecule has 0 unspecified atom stereocenters. The van der Waals surface area contributed by atoms with Gasteiger partial charge in [0.15, 0.2) is 0 Å². The molecule has 0 fully saturated rings. The van der Waals surface area contributed by atoms with Crippen molar-refractivity contribution in [2.45, 2.75) is 26.7 Å². The molecule has 0 heterocycles. The highest BCUT2D eigenvalue weighted by atomic mass is 16.5. The molecule has 0 spiro atoms. The zero-order valence-corrected chi connectivity index (χ0v) is 6.13. The first kappa shape index (κ1) is 8.28. The molecule has 0 aromatic carbocycles. The Hall–Kier alpha value is -0.720. The van der Waals surface area contributed by atoms with Gasteiger partial charge in [-0.2, -0.15) is 0 Å². The molecule has 9 heavy (non-hydrogen) atoms. The van der Waals surface area contributed by atoms with E-state index in [1.54, 1.807) is 12.5 Å². The molecule has 0 saturated carbocycles. The molecule has 0 amide bonds. The van der Waals surface area contributed by atoms with Gasteiger partial charge in [0, 0.05) is 0 Å². The average molecular weight is 126 g/mol. The lowest BCUT2D eigenvalue weighted by Gasteiger charge is -1.86. The maximum absolute atomic E-state index is 4.92. The Morgan fingerprint density at radius 3 is 2.67 bits per heavy atom. The van der Waals surface area contributed by atoms with E-state index in [1.807, 2.05) is 19.1 Å². The molecule has 0 aromatic rings. The molecule has 0 aromatic heterocycles. The Bertz CT molecular complexity index is 92.7. The number of unbranched alkanes of at least 4 members (excludes halogenated alkanes) is 1. The molecule has 1 heteroatoms. The first-order valence-corrected chi connectivity index (χ1v) is 3.33. The number of allylic oxidation sites excluding steroid dienone is 2. The third-order valence-electron chi connectivity index (χ3n) is 0.845. The van der Waals surface area contributed by atoms with Gasteiger partial charge in [-0.05, 0) is 19.4 Å². The summed E-state index contributed by atoms with van der Waals surface area (Å²) in [5.74, 6) is 0. The summed E-state index contributed by atoms with van der Waals surface area (Å²) in [4.78, 5) is 0. The highest BCUT2D eigenvalue weighted by Gasteiger charge is 1.70. The van der Waals surface area contributed by atoms with E-state index in [1.165, 1.54) is 6.42 Å². The van der Waals surface area contributed by atoms with E-state index < -0.39 is 0 Å². The highest BCUT2D eigenvalue weighted by Crippen LogP contribution is 1.88. The zero-order valence-electron chi connectivity index (χ0n) is 6.13. The fraction of sp³-hybridized carbons (Fsp3) is 0.500. The molecule has 0 radical (unpaired) electrons. The SMILES string of the molecule is C/C=C\O/C=C/CCC. The van der Waals surface area contributed by atoms with Gasteiger partial charge >= 0.3 is 0 Å². The fourth-order valence-corrected chi connectivity index (χ4v) is 0.414. The first-order chi connectivity index (χ1) is 4.41. The van der Waals surface area contributed by atoms with Crippen LogP contribution in [-0.2, 0) is 4.74 Å². The van der Waals surface area contributed by atoms with Crippen LogP contribution in [0.4, 0.5) is 0 Å². The van der Waals surface area contributed by atoms with Gasteiger partial charge in [0.05, 0.1) is 12.5 Å². The predicted molar refractivity (Wildman–Crippen MR) is 39.9 cm³/mol. The van der Waals surface area contributed by atoms with Crippen LogP contribution in [0.2, 0.25) is 0 Å². The molecule has 0 N–H and O–H groups in total. The number of ether oxygens (including phenoxy) is 1. The molecular weight excluding hydrogens is 112 g/mol. The molecule has 0 saturated heterocycles. The lowest BCUT2D eigenvalue weighted by Crippen LogP contribution is -1.65. The maximum Gasteiger partial charge on any atom is 0.0861 e. The molecule has 0 bridgehead atoms.